The number of fused-ring (bicyclic) bond motifs is 1. The van der Waals surface area contributed by atoms with E-state index < -0.39 is 39.3 Å². The molecule has 1 unspecified atom stereocenters. The maximum Gasteiger partial charge on any atom is 0.416 e. The van der Waals surface area contributed by atoms with E-state index in [1.807, 2.05) is 25.1 Å². The van der Waals surface area contributed by atoms with Crippen LogP contribution < -0.4 is 9.62 Å². The fourth-order valence-electron chi connectivity index (χ4n) is 3.44. The van der Waals surface area contributed by atoms with Gasteiger partial charge in [-0.3, -0.25) is 0 Å². The zero-order valence-electron chi connectivity index (χ0n) is 17.7. The van der Waals surface area contributed by atoms with Crippen LogP contribution in [0.4, 0.5) is 18.9 Å². The summed E-state index contributed by atoms with van der Waals surface area (Å²) in [5, 5.41) is 10.5. The summed E-state index contributed by atoms with van der Waals surface area (Å²) in [5.41, 5.74) is -0.696. The molecule has 10 heteroatoms. The number of hydrogen-bond donors (Lipinski definition) is 2. The normalized spacial score (nSPS) is 13.0. The number of nitrogens with zero attached hydrogens (tertiary/aromatic N) is 1. The number of sulfonamides is 1. The maximum absolute atomic E-state index is 13.3. The van der Waals surface area contributed by atoms with Crippen LogP contribution in [-0.2, 0) is 21.0 Å². The van der Waals surface area contributed by atoms with Gasteiger partial charge in [-0.1, -0.05) is 43.0 Å². The summed E-state index contributed by atoms with van der Waals surface area (Å²) in [6.45, 7) is 3.42. The van der Waals surface area contributed by atoms with E-state index in [1.54, 1.807) is 24.3 Å². The minimum atomic E-state index is -4.59. The Labute approximate surface area is 189 Å². The van der Waals surface area contributed by atoms with Crippen LogP contribution in [0.2, 0.25) is 0 Å². The Kier molecular flexibility index (Phi) is 6.53. The van der Waals surface area contributed by atoms with E-state index in [4.69, 9.17) is 0 Å². The number of aliphatic carboxylic acids is 1. The fourth-order valence-corrected chi connectivity index (χ4v) is 4.88. The van der Waals surface area contributed by atoms with Crippen LogP contribution in [0.25, 0.3) is 10.8 Å². The zero-order valence-corrected chi connectivity index (χ0v) is 18.5. The number of alkyl halides is 3. The van der Waals surface area contributed by atoms with Crippen molar-refractivity contribution in [2.24, 2.45) is 0 Å². The van der Waals surface area contributed by atoms with Crippen LogP contribution in [0.1, 0.15) is 17.2 Å². The Balaban J connectivity index is 2.09. The predicted molar refractivity (Wildman–Crippen MR) is 120 cm³/mol. The molecular formula is C23H21F3N2O4S. The molecule has 33 heavy (non-hydrogen) atoms. The number of hydrogen-bond acceptors (Lipinski definition) is 4. The number of carboxylic acid groups (broad SMARTS) is 1. The lowest BCUT2D eigenvalue weighted by Crippen LogP contribution is -2.32. The van der Waals surface area contributed by atoms with Gasteiger partial charge in [0.1, 0.15) is 0 Å². The van der Waals surface area contributed by atoms with E-state index in [1.165, 1.54) is 6.07 Å². The summed E-state index contributed by atoms with van der Waals surface area (Å²) in [6.07, 6.45) is -4.59. The minimum absolute atomic E-state index is 0.00759. The molecule has 3 aromatic carbocycles. The Morgan fingerprint density at radius 3 is 2.12 bits per heavy atom. The topological polar surface area (TPSA) is 86.7 Å². The van der Waals surface area contributed by atoms with Crippen LogP contribution in [0, 0.1) is 0 Å². The van der Waals surface area contributed by atoms with Gasteiger partial charge >= 0.3 is 12.1 Å². The summed E-state index contributed by atoms with van der Waals surface area (Å²) in [4.78, 5) is 13.3. The average molecular weight is 478 g/mol. The first kappa shape index (κ1) is 24.3. The number of carbonyl (C=O) groups is 1. The second kappa shape index (κ2) is 8.87. The number of nitrogens with one attached hydrogen (secondary N) is 1. The van der Waals surface area contributed by atoms with Crippen molar-refractivity contribution in [3.05, 3.63) is 83.9 Å². The van der Waals surface area contributed by atoms with Crippen molar-refractivity contribution in [1.82, 2.24) is 4.72 Å². The van der Waals surface area contributed by atoms with Crippen LogP contribution in [0.5, 0.6) is 0 Å². The Morgan fingerprint density at radius 2 is 1.58 bits per heavy atom. The van der Waals surface area contributed by atoms with Crippen LogP contribution in [0.3, 0.4) is 0 Å². The molecular weight excluding hydrogens is 457 g/mol. The second-order valence-electron chi connectivity index (χ2n) is 7.53. The summed E-state index contributed by atoms with van der Waals surface area (Å²) in [7, 11) is -0.686. The molecule has 1 atom stereocenters. The number of rotatable bonds is 7. The monoisotopic (exact) mass is 478 g/mol. The first-order valence-electron chi connectivity index (χ1n) is 9.63. The Morgan fingerprint density at radius 1 is 1.00 bits per heavy atom. The third-order valence-corrected chi connectivity index (χ3v) is 6.58. The lowest BCUT2D eigenvalue weighted by atomic mass is 9.99. The lowest BCUT2D eigenvalue weighted by Gasteiger charge is -2.21. The fraction of sp³-hybridized carbons (Fsp3) is 0.174. The SMILES string of the molecule is C=C(C(=O)O)C(NS(=O)(=O)c1cccc2c(N(C)C)cccc12)c1ccc(C(F)(F)F)cc1. The van der Waals surface area contributed by atoms with Gasteiger partial charge < -0.3 is 10.0 Å². The summed E-state index contributed by atoms with van der Waals surface area (Å²) >= 11 is 0. The molecule has 0 heterocycles. The first-order chi connectivity index (χ1) is 15.3. The van der Waals surface area contributed by atoms with E-state index in [2.05, 4.69) is 11.3 Å². The first-order valence-corrected chi connectivity index (χ1v) is 11.1. The molecule has 3 aromatic rings. The molecule has 2 N–H and O–H groups in total. The molecule has 0 radical (unpaired) electrons. The minimum Gasteiger partial charge on any atom is -0.478 e. The van der Waals surface area contributed by atoms with Crippen molar-refractivity contribution in [2.75, 3.05) is 19.0 Å². The number of halogens is 3. The van der Waals surface area contributed by atoms with Gasteiger partial charge in [0.05, 0.1) is 22.1 Å². The van der Waals surface area contributed by atoms with Gasteiger partial charge in [0.15, 0.2) is 0 Å². The molecule has 0 saturated heterocycles. The molecule has 174 valence electrons. The molecule has 0 fully saturated rings. The second-order valence-corrected chi connectivity index (χ2v) is 9.21. The van der Waals surface area contributed by atoms with Crippen molar-refractivity contribution >= 4 is 32.5 Å². The number of anilines is 1. The predicted octanol–water partition coefficient (Wildman–Crippen LogP) is 4.59. The van der Waals surface area contributed by atoms with E-state index in [9.17, 15) is 31.5 Å². The summed E-state index contributed by atoms with van der Waals surface area (Å²) in [5.74, 6) is -1.49. The molecule has 0 aromatic heterocycles. The van der Waals surface area contributed by atoms with Crippen LogP contribution >= 0.6 is 0 Å². The third kappa shape index (κ3) is 5.01. The Hall–Kier alpha value is -3.37. The van der Waals surface area contributed by atoms with Gasteiger partial charge in [-0.25, -0.2) is 13.2 Å². The summed E-state index contributed by atoms with van der Waals surface area (Å²) < 4.78 is 67.7. The smallest absolute Gasteiger partial charge is 0.416 e. The van der Waals surface area contributed by atoms with Crippen molar-refractivity contribution in [2.45, 2.75) is 17.1 Å². The van der Waals surface area contributed by atoms with Crippen molar-refractivity contribution < 1.29 is 31.5 Å². The van der Waals surface area contributed by atoms with Crippen LogP contribution in [-0.4, -0.2) is 33.6 Å². The number of benzene rings is 3. The van der Waals surface area contributed by atoms with E-state index in [0.717, 1.165) is 30.0 Å². The average Bonchev–Trinajstić information content (AvgIpc) is 2.75. The zero-order chi connectivity index (χ0) is 24.6. The molecule has 0 aliphatic carbocycles. The molecule has 0 saturated carbocycles. The van der Waals surface area contributed by atoms with Gasteiger partial charge in [-0.05, 0) is 29.8 Å². The Bertz CT molecular complexity index is 1320. The van der Waals surface area contributed by atoms with Gasteiger partial charge in [0.25, 0.3) is 0 Å². The van der Waals surface area contributed by atoms with E-state index in [-0.39, 0.29) is 10.5 Å². The van der Waals surface area contributed by atoms with Crippen molar-refractivity contribution in [3.8, 4) is 0 Å². The van der Waals surface area contributed by atoms with Gasteiger partial charge in [-0.2, -0.15) is 17.9 Å². The third-order valence-electron chi connectivity index (χ3n) is 5.10. The van der Waals surface area contributed by atoms with Crippen LogP contribution in [0.15, 0.2) is 77.7 Å². The van der Waals surface area contributed by atoms with Crippen molar-refractivity contribution in [1.29, 1.82) is 0 Å². The van der Waals surface area contributed by atoms with Crippen molar-refractivity contribution in [3.63, 3.8) is 0 Å². The largest absolute Gasteiger partial charge is 0.478 e. The van der Waals surface area contributed by atoms with E-state index >= 15 is 0 Å². The highest BCUT2D eigenvalue weighted by Crippen LogP contribution is 2.33. The maximum atomic E-state index is 13.3. The van der Waals surface area contributed by atoms with Gasteiger partial charge in [-0.15, -0.1) is 0 Å². The molecule has 0 aliphatic heterocycles. The molecule has 0 aliphatic rings. The number of carboxylic acids is 1. The lowest BCUT2D eigenvalue weighted by molar-refractivity contribution is -0.137. The van der Waals surface area contributed by atoms with Gasteiger partial charge in [0.2, 0.25) is 10.0 Å². The molecule has 0 bridgehead atoms. The van der Waals surface area contributed by atoms with E-state index in [0.29, 0.717) is 10.8 Å². The highest BCUT2D eigenvalue weighted by Gasteiger charge is 2.32. The summed E-state index contributed by atoms with van der Waals surface area (Å²) in [6, 6.07) is 11.9. The van der Waals surface area contributed by atoms with Gasteiger partial charge in [0, 0.05) is 30.6 Å². The quantitative estimate of drug-likeness (QED) is 0.486. The molecule has 6 nitrogen and oxygen atoms in total. The molecule has 3 rings (SSSR count). The highest BCUT2D eigenvalue weighted by molar-refractivity contribution is 7.89. The standard InChI is InChI=1S/C23H21F3N2O4S/c1-14(22(29)30)21(15-10-12-16(13-11-15)23(24,25)26)27-33(31,32)20-9-5-6-17-18(20)7-4-8-19(17)28(2)3/h4-13,21,27H,1H2,2-3H3,(H,29,30). The molecule has 0 amide bonds. The molecule has 0 spiro atoms. The highest BCUT2D eigenvalue weighted by atomic mass is 32.2.